The Hall–Kier alpha value is -2.02. The second kappa shape index (κ2) is 5.76. The van der Waals surface area contributed by atoms with Gasteiger partial charge in [-0.1, -0.05) is 13.8 Å². The van der Waals surface area contributed by atoms with E-state index >= 15 is 0 Å². The summed E-state index contributed by atoms with van der Waals surface area (Å²) in [6, 6.07) is 5.03. The molecular formula is C18H21N3O3S. The van der Waals surface area contributed by atoms with Gasteiger partial charge in [0, 0.05) is 23.8 Å². The first-order valence-corrected chi connectivity index (χ1v) is 9.53. The first-order chi connectivity index (χ1) is 11.9. The van der Waals surface area contributed by atoms with Crippen molar-refractivity contribution in [2.24, 2.45) is 0 Å². The lowest BCUT2D eigenvalue weighted by atomic mass is 10.2. The zero-order chi connectivity index (χ0) is 17.8. The molecule has 7 heteroatoms. The fourth-order valence-electron chi connectivity index (χ4n) is 3.51. The van der Waals surface area contributed by atoms with Gasteiger partial charge in [-0.2, -0.15) is 0 Å². The normalized spacial score (nSPS) is 25.8. The number of nitrogens with zero attached hydrogens (tertiary/aromatic N) is 2. The van der Waals surface area contributed by atoms with E-state index in [4.69, 9.17) is 4.42 Å². The minimum atomic E-state index is -0.413. The number of anilines is 1. The molecule has 2 amide bonds. The molecule has 0 spiro atoms. The number of amides is 2. The maximum Gasteiger partial charge on any atom is 0.248 e. The standard InChI is InChI=1S/C18H21N3O3S/c1-10(2)17-20-12-8-11(4-5-14(12)24-17)19-16(23)13-9-25-18(3)7-6-15(22)21(13)18/h4-5,8,10,13H,6-7,9H2,1-3H3,(H,19,23)/t13-,18-/m0/s1. The van der Waals surface area contributed by atoms with Gasteiger partial charge in [0.1, 0.15) is 11.6 Å². The Kier molecular flexibility index (Phi) is 3.79. The van der Waals surface area contributed by atoms with E-state index in [9.17, 15) is 9.59 Å². The van der Waals surface area contributed by atoms with Crippen LogP contribution in [0.15, 0.2) is 22.6 Å². The average molecular weight is 359 g/mol. The van der Waals surface area contributed by atoms with Gasteiger partial charge in [-0.15, -0.1) is 11.8 Å². The molecule has 0 bridgehead atoms. The maximum atomic E-state index is 12.7. The molecule has 0 unspecified atom stereocenters. The maximum absolute atomic E-state index is 12.7. The van der Waals surface area contributed by atoms with Crippen molar-refractivity contribution in [2.45, 2.75) is 50.4 Å². The van der Waals surface area contributed by atoms with Crippen molar-refractivity contribution < 1.29 is 14.0 Å². The van der Waals surface area contributed by atoms with Crippen LogP contribution in [0.1, 0.15) is 45.4 Å². The quantitative estimate of drug-likeness (QED) is 0.910. The van der Waals surface area contributed by atoms with Gasteiger partial charge in [0.2, 0.25) is 11.8 Å². The van der Waals surface area contributed by atoms with Gasteiger partial charge in [-0.05, 0) is 31.5 Å². The number of oxazole rings is 1. The molecule has 0 radical (unpaired) electrons. The van der Waals surface area contributed by atoms with Crippen LogP contribution in [-0.2, 0) is 9.59 Å². The van der Waals surface area contributed by atoms with Crippen LogP contribution in [-0.4, -0.2) is 38.4 Å². The first kappa shape index (κ1) is 16.4. The summed E-state index contributed by atoms with van der Waals surface area (Å²) in [4.78, 5) is 30.9. The molecule has 1 aromatic heterocycles. The highest BCUT2D eigenvalue weighted by atomic mass is 32.2. The Balaban J connectivity index is 1.55. The summed E-state index contributed by atoms with van der Waals surface area (Å²) in [5.41, 5.74) is 2.11. The predicted molar refractivity (Wildman–Crippen MR) is 97.5 cm³/mol. The van der Waals surface area contributed by atoms with Crippen LogP contribution in [0.25, 0.3) is 11.1 Å². The number of benzene rings is 1. The van der Waals surface area contributed by atoms with E-state index in [0.29, 0.717) is 29.3 Å². The van der Waals surface area contributed by atoms with Gasteiger partial charge in [0.05, 0.1) is 4.87 Å². The smallest absolute Gasteiger partial charge is 0.248 e. The minimum Gasteiger partial charge on any atom is -0.440 e. The third-order valence-corrected chi connectivity index (χ3v) is 6.42. The molecule has 0 aliphatic carbocycles. The van der Waals surface area contributed by atoms with Gasteiger partial charge < -0.3 is 14.6 Å². The molecular weight excluding hydrogens is 338 g/mol. The largest absolute Gasteiger partial charge is 0.440 e. The summed E-state index contributed by atoms with van der Waals surface area (Å²) in [5.74, 6) is 1.46. The zero-order valence-electron chi connectivity index (χ0n) is 14.5. The van der Waals surface area contributed by atoms with Gasteiger partial charge in [0.15, 0.2) is 11.5 Å². The molecule has 2 fully saturated rings. The zero-order valence-corrected chi connectivity index (χ0v) is 15.4. The molecule has 6 nitrogen and oxygen atoms in total. The van der Waals surface area contributed by atoms with Crippen molar-refractivity contribution in [1.82, 2.24) is 9.88 Å². The minimum absolute atomic E-state index is 0.0705. The van der Waals surface area contributed by atoms with Crippen molar-refractivity contribution in [2.75, 3.05) is 11.1 Å². The van der Waals surface area contributed by atoms with Crippen LogP contribution < -0.4 is 5.32 Å². The number of rotatable bonds is 3. The number of carbonyl (C=O) groups excluding carboxylic acids is 2. The first-order valence-electron chi connectivity index (χ1n) is 8.55. The number of hydrogen-bond donors (Lipinski definition) is 1. The highest BCUT2D eigenvalue weighted by Crippen LogP contribution is 2.47. The van der Waals surface area contributed by atoms with E-state index in [1.165, 1.54) is 0 Å². The predicted octanol–water partition coefficient (Wildman–Crippen LogP) is 3.34. The summed E-state index contributed by atoms with van der Waals surface area (Å²) in [7, 11) is 0. The highest BCUT2D eigenvalue weighted by molar-refractivity contribution is 8.01. The molecule has 0 saturated carbocycles. The molecule has 4 rings (SSSR count). The van der Waals surface area contributed by atoms with E-state index in [0.717, 1.165) is 11.9 Å². The molecule has 25 heavy (non-hydrogen) atoms. The Morgan fingerprint density at radius 3 is 3.04 bits per heavy atom. The molecule has 2 atom stereocenters. The average Bonchev–Trinajstić information content (AvgIpc) is 3.21. The highest BCUT2D eigenvalue weighted by Gasteiger charge is 2.52. The number of aromatic nitrogens is 1. The van der Waals surface area contributed by atoms with Crippen LogP contribution in [0.5, 0.6) is 0 Å². The Morgan fingerprint density at radius 2 is 2.28 bits per heavy atom. The third-order valence-electron chi connectivity index (χ3n) is 4.91. The summed E-state index contributed by atoms with van der Waals surface area (Å²) in [6.45, 7) is 6.09. The van der Waals surface area contributed by atoms with E-state index < -0.39 is 6.04 Å². The van der Waals surface area contributed by atoms with Crippen LogP contribution >= 0.6 is 11.8 Å². The van der Waals surface area contributed by atoms with Crippen molar-refractivity contribution in [3.8, 4) is 0 Å². The van der Waals surface area contributed by atoms with Gasteiger partial charge in [-0.3, -0.25) is 9.59 Å². The van der Waals surface area contributed by atoms with Crippen molar-refractivity contribution in [1.29, 1.82) is 0 Å². The number of nitrogens with one attached hydrogen (secondary N) is 1. The van der Waals surface area contributed by atoms with Gasteiger partial charge >= 0.3 is 0 Å². The van der Waals surface area contributed by atoms with E-state index in [1.54, 1.807) is 16.7 Å². The van der Waals surface area contributed by atoms with Crippen LogP contribution in [0.4, 0.5) is 5.69 Å². The molecule has 2 saturated heterocycles. The SMILES string of the molecule is CC(C)c1nc2cc(NC(=O)[C@@H]3CS[C@@]4(C)CCC(=O)N34)ccc2o1. The third kappa shape index (κ3) is 2.70. The Labute approximate surface area is 150 Å². The van der Waals surface area contributed by atoms with E-state index in [2.05, 4.69) is 10.3 Å². The summed E-state index contributed by atoms with van der Waals surface area (Å²) >= 11 is 1.69. The summed E-state index contributed by atoms with van der Waals surface area (Å²) < 4.78 is 5.69. The molecule has 2 aromatic rings. The molecule has 132 valence electrons. The van der Waals surface area contributed by atoms with Gasteiger partial charge in [0.25, 0.3) is 0 Å². The lowest BCUT2D eigenvalue weighted by Crippen LogP contribution is -2.48. The monoisotopic (exact) mass is 359 g/mol. The number of fused-ring (bicyclic) bond motifs is 2. The molecule has 2 aliphatic rings. The van der Waals surface area contributed by atoms with Crippen LogP contribution in [0, 0.1) is 0 Å². The second-order valence-electron chi connectivity index (χ2n) is 7.14. The van der Waals surface area contributed by atoms with E-state index in [1.807, 2.05) is 39.0 Å². The summed E-state index contributed by atoms with van der Waals surface area (Å²) in [5, 5.41) is 2.94. The van der Waals surface area contributed by atoms with Crippen molar-refractivity contribution >= 4 is 40.4 Å². The fourth-order valence-corrected chi connectivity index (χ4v) is 4.94. The molecule has 1 aromatic carbocycles. The van der Waals surface area contributed by atoms with Crippen molar-refractivity contribution in [3.63, 3.8) is 0 Å². The lowest BCUT2D eigenvalue weighted by Gasteiger charge is -2.29. The van der Waals surface area contributed by atoms with Crippen LogP contribution in [0.3, 0.4) is 0 Å². The molecule has 2 aliphatic heterocycles. The number of thioether (sulfide) groups is 1. The van der Waals surface area contributed by atoms with E-state index in [-0.39, 0.29) is 22.6 Å². The topological polar surface area (TPSA) is 75.4 Å². The summed E-state index contributed by atoms with van der Waals surface area (Å²) in [6.07, 6.45) is 1.33. The fraction of sp³-hybridized carbons (Fsp3) is 0.500. The Morgan fingerprint density at radius 1 is 1.48 bits per heavy atom. The number of hydrogen-bond acceptors (Lipinski definition) is 5. The van der Waals surface area contributed by atoms with Crippen LogP contribution in [0.2, 0.25) is 0 Å². The van der Waals surface area contributed by atoms with Gasteiger partial charge in [-0.25, -0.2) is 4.98 Å². The Bertz CT molecular complexity index is 862. The van der Waals surface area contributed by atoms with Crippen molar-refractivity contribution in [3.05, 3.63) is 24.1 Å². The molecule has 1 N–H and O–H groups in total. The second-order valence-corrected chi connectivity index (χ2v) is 8.65. The number of carbonyl (C=O) groups is 2. The lowest BCUT2D eigenvalue weighted by molar-refractivity contribution is -0.135. The molecule has 3 heterocycles.